The zero-order chi connectivity index (χ0) is 20.1. The fourth-order valence-corrected chi connectivity index (χ4v) is 3.54. The van der Waals surface area contributed by atoms with Gasteiger partial charge in [-0.25, -0.2) is 4.39 Å². The first-order valence-electron chi connectivity index (χ1n) is 8.19. The van der Waals surface area contributed by atoms with Crippen LogP contribution in [0.25, 0.3) is 11.4 Å². The van der Waals surface area contributed by atoms with E-state index >= 15 is 0 Å². The van der Waals surface area contributed by atoms with Gasteiger partial charge in [-0.1, -0.05) is 45.9 Å². The normalized spacial score (nSPS) is 10.6. The summed E-state index contributed by atoms with van der Waals surface area (Å²) in [4.78, 5) is 12.2. The van der Waals surface area contributed by atoms with Crippen molar-refractivity contribution < 1.29 is 14.3 Å². The van der Waals surface area contributed by atoms with Gasteiger partial charge in [-0.15, -0.1) is 16.8 Å². The van der Waals surface area contributed by atoms with Gasteiger partial charge < -0.3 is 10.4 Å². The van der Waals surface area contributed by atoms with E-state index in [0.29, 0.717) is 27.6 Å². The van der Waals surface area contributed by atoms with Crippen LogP contribution >= 0.6 is 27.7 Å². The molecule has 3 rings (SSSR count). The molecule has 3 aromatic rings. The fourth-order valence-electron chi connectivity index (χ4n) is 2.46. The lowest BCUT2D eigenvalue weighted by Crippen LogP contribution is -2.15. The molecule has 1 amide bonds. The number of phenolic OH excluding ortho intramolecular Hbond substituents is 1. The number of para-hydroxylation sites is 1. The molecule has 0 aliphatic carbocycles. The topological polar surface area (TPSA) is 80.0 Å². The molecule has 1 heterocycles. The highest BCUT2D eigenvalue weighted by molar-refractivity contribution is 9.10. The highest BCUT2D eigenvalue weighted by Crippen LogP contribution is 2.30. The molecule has 0 atom stereocenters. The van der Waals surface area contributed by atoms with E-state index in [1.54, 1.807) is 41.0 Å². The molecule has 0 spiro atoms. The Morgan fingerprint density at radius 1 is 1.32 bits per heavy atom. The van der Waals surface area contributed by atoms with Crippen molar-refractivity contribution in [3.63, 3.8) is 0 Å². The maximum Gasteiger partial charge on any atom is 0.234 e. The molecule has 2 N–H and O–H groups in total. The van der Waals surface area contributed by atoms with Gasteiger partial charge in [0.15, 0.2) is 11.0 Å². The summed E-state index contributed by atoms with van der Waals surface area (Å²) in [6, 6.07) is 11.2. The minimum atomic E-state index is -0.524. The van der Waals surface area contributed by atoms with E-state index in [1.165, 1.54) is 12.1 Å². The van der Waals surface area contributed by atoms with Crippen molar-refractivity contribution in [2.75, 3.05) is 11.1 Å². The molecule has 0 fully saturated rings. The number of carbonyl (C=O) groups is 1. The number of anilines is 1. The summed E-state index contributed by atoms with van der Waals surface area (Å²) >= 11 is 4.33. The Balaban J connectivity index is 1.74. The summed E-state index contributed by atoms with van der Waals surface area (Å²) in [6.07, 6.45) is 1.67. The predicted octanol–water partition coefficient (Wildman–Crippen LogP) is 4.47. The van der Waals surface area contributed by atoms with Gasteiger partial charge in [-0.3, -0.25) is 9.36 Å². The number of halogens is 2. The van der Waals surface area contributed by atoms with E-state index in [9.17, 15) is 14.3 Å². The maximum atomic E-state index is 13.9. The molecule has 0 aliphatic heterocycles. The largest absolute Gasteiger partial charge is 0.507 e. The van der Waals surface area contributed by atoms with Crippen molar-refractivity contribution in [2.45, 2.75) is 11.7 Å². The molecule has 0 unspecified atom stereocenters. The monoisotopic (exact) mass is 462 g/mol. The van der Waals surface area contributed by atoms with E-state index < -0.39 is 5.82 Å². The smallest absolute Gasteiger partial charge is 0.234 e. The summed E-state index contributed by atoms with van der Waals surface area (Å²) in [7, 11) is 0. The summed E-state index contributed by atoms with van der Waals surface area (Å²) in [5, 5.41) is 21.4. The number of thioether (sulfide) groups is 1. The lowest BCUT2D eigenvalue weighted by molar-refractivity contribution is -0.113. The van der Waals surface area contributed by atoms with Gasteiger partial charge in [0.2, 0.25) is 5.91 Å². The van der Waals surface area contributed by atoms with E-state index in [2.05, 4.69) is 38.0 Å². The van der Waals surface area contributed by atoms with Crippen molar-refractivity contribution in [1.82, 2.24) is 14.8 Å². The van der Waals surface area contributed by atoms with Gasteiger partial charge in [-0.05, 0) is 30.3 Å². The lowest BCUT2D eigenvalue weighted by atomic mass is 10.2. The number of aromatic nitrogens is 3. The third-order valence-electron chi connectivity index (χ3n) is 3.71. The molecule has 0 aliphatic rings. The Labute approximate surface area is 173 Å². The number of phenols is 1. The number of nitrogens with one attached hydrogen (secondary N) is 1. The van der Waals surface area contributed by atoms with Crippen LogP contribution in [0.2, 0.25) is 0 Å². The number of aromatic hydroxyl groups is 1. The molecule has 0 saturated carbocycles. The SMILES string of the molecule is C=CCn1c(SCC(=O)Nc2ccc(Br)cc2F)nnc1-c1ccccc1O. The van der Waals surface area contributed by atoms with Crippen LogP contribution in [-0.4, -0.2) is 31.5 Å². The predicted molar refractivity (Wildman–Crippen MR) is 111 cm³/mol. The Bertz CT molecular complexity index is 1020. The van der Waals surface area contributed by atoms with Crippen molar-refractivity contribution in [1.29, 1.82) is 0 Å². The first-order valence-corrected chi connectivity index (χ1v) is 9.97. The summed E-state index contributed by atoms with van der Waals surface area (Å²) in [5.41, 5.74) is 0.640. The van der Waals surface area contributed by atoms with Gasteiger partial charge in [0, 0.05) is 11.0 Å². The second-order valence-corrected chi connectivity index (χ2v) is 7.54. The van der Waals surface area contributed by atoms with Gasteiger partial charge in [-0.2, -0.15) is 0 Å². The van der Waals surface area contributed by atoms with E-state index in [1.807, 2.05) is 0 Å². The van der Waals surface area contributed by atoms with Gasteiger partial charge in [0.05, 0.1) is 17.0 Å². The van der Waals surface area contributed by atoms with Crippen molar-refractivity contribution in [3.8, 4) is 17.1 Å². The lowest BCUT2D eigenvalue weighted by Gasteiger charge is -2.09. The molecule has 28 heavy (non-hydrogen) atoms. The number of amides is 1. The average Bonchev–Trinajstić information content (AvgIpc) is 3.06. The summed E-state index contributed by atoms with van der Waals surface area (Å²) in [6.45, 7) is 4.13. The van der Waals surface area contributed by atoms with Crippen LogP contribution in [0.3, 0.4) is 0 Å². The Morgan fingerprint density at radius 2 is 2.11 bits per heavy atom. The average molecular weight is 463 g/mol. The van der Waals surface area contributed by atoms with Crippen LogP contribution in [-0.2, 0) is 11.3 Å². The van der Waals surface area contributed by atoms with Crippen molar-refractivity contribution in [2.24, 2.45) is 0 Å². The number of rotatable bonds is 7. The fraction of sp³-hybridized carbons (Fsp3) is 0.105. The minimum absolute atomic E-state index is 0.0194. The number of allylic oxidation sites excluding steroid dienone is 1. The molecular weight excluding hydrogens is 447 g/mol. The third kappa shape index (κ3) is 4.60. The first-order chi connectivity index (χ1) is 13.5. The van der Waals surface area contributed by atoms with Crippen molar-refractivity contribution in [3.05, 3.63) is 65.4 Å². The minimum Gasteiger partial charge on any atom is -0.507 e. The second-order valence-electron chi connectivity index (χ2n) is 5.68. The van der Waals surface area contributed by atoms with Gasteiger partial charge >= 0.3 is 0 Å². The molecular formula is C19H16BrFN4O2S. The Morgan fingerprint density at radius 3 is 2.82 bits per heavy atom. The number of hydrogen-bond acceptors (Lipinski definition) is 5. The van der Waals surface area contributed by atoms with E-state index in [0.717, 1.165) is 11.8 Å². The number of nitrogens with zero attached hydrogens (tertiary/aromatic N) is 3. The van der Waals surface area contributed by atoms with Crippen molar-refractivity contribution >= 4 is 39.3 Å². The molecule has 0 bridgehead atoms. The summed E-state index contributed by atoms with van der Waals surface area (Å²) in [5.74, 6) is -0.320. The zero-order valence-corrected chi connectivity index (χ0v) is 17.0. The zero-order valence-electron chi connectivity index (χ0n) is 14.6. The number of hydrogen-bond donors (Lipinski definition) is 2. The van der Waals surface area contributed by atoms with Crippen LogP contribution in [0.1, 0.15) is 0 Å². The van der Waals surface area contributed by atoms with Crippen LogP contribution in [0.15, 0.2) is 64.7 Å². The van der Waals surface area contributed by atoms with Crippen LogP contribution in [0.4, 0.5) is 10.1 Å². The van der Waals surface area contributed by atoms with Crippen LogP contribution in [0.5, 0.6) is 5.75 Å². The standard InChI is InChI=1S/C19H16BrFN4O2S/c1-2-9-25-18(13-5-3-4-6-16(13)26)23-24-19(25)28-11-17(27)22-15-8-7-12(20)10-14(15)21/h2-8,10,26H,1,9,11H2,(H,22,27). The third-order valence-corrected chi connectivity index (χ3v) is 5.17. The molecule has 9 heteroatoms. The van der Waals surface area contributed by atoms with E-state index in [-0.39, 0.29) is 23.1 Å². The molecule has 6 nitrogen and oxygen atoms in total. The highest BCUT2D eigenvalue weighted by atomic mass is 79.9. The molecule has 144 valence electrons. The van der Waals surface area contributed by atoms with Gasteiger partial charge in [0.1, 0.15) is 11.6 Å². The first kappa shape index (κ1) is 20.1. The van der Waals surface area contributed by atoms with Crippen LogP contribution in [0, 0.1) is 5.82 Å². The Hall–Kier alpha value is -2.65. The van der Waals surface area contributed by atoms with Crippen LogP contribution < -0.4 is 5.32 Å². The number of benzene rings is 2. The van der Waals surface area contributed by atoms with Gasteiger partial charge in [0.25, 0.3) is 0 Å². The quantitative estimate of drug-likeness (QED) is 0.399. The highest BCUT2D eigenvalue weighted by Gasteiger charge is 2.17. The molecule has 2 aromatic carbocycles. The van der Waals surface area contributed by atoms with E-state index in [4.69, 9.17) is 0 Å². The Kier molecular flexibility index (Phi) is 6.48. The summed E-state index contributed by atoms with van der Waals surface area (Å²) < 4.78 is 16.2. The molecule has 0 saturated heterocycles. The maximum absolute atomic E-state index is 13.9. The molecule has 0 radical (unpaired) electrons. The number of carbonyl (C=O) groups excluding carboxylic acids is 1. The second kappa shape index (κ2) is 9.03. The molecule has 1 aromatic heterocycles.